The first-order valence-electron chi connectivity index (χ1n) is 7.20. The molecule has 0 unspecified atom stereocenters. The summed E-state index contributed by atoms with van der Waals surface area (Å²) in [4.78, 5) is 11.2. The molecule has 2 aromatic heterocycles. The molecule has 3 rings (SSSR count). The summed E-state index contributed by atoms with van der Waals surface area (Å²) in [5.41, 5.74) is 3.28. The van der Waals surface area contributed by atoms with Crippen LogP contribution in [0.3, 0.4) is 0 Å². The monoisotopic (exact) mass is 295 g/mol. The lowest BCUT2D eigenvalue weighted by atomic mass is 10.0. The van der Waals surface area contributed by atoms with Gasteiger partial charge in [0.2, 0.25) is 0 Å². The predicted octanol–water partition coefficient (Wildman–Crippen LogP) is 3.52. The highest BCUT2D eigenvalue weighted by Crippen LogP contribution is 2.23. The summed E-state index contributed by atoms with van der Waals surface area (Å²) < 4.78 is 7.08. The average molecular weight is 295 g/mol. The van der Waals surface area contributed by atoms with Crippen LogP contribution in [0.4, 0.5) is 0 Å². The van der Waals surface area contributed by atoms with Gasteiger partial charge in [0.1, 0.15) is 5.69 Å². The molecular formula is C17H17N3O2. The predicted molar refractivity (Wildman–Crippen MR) is 82.7 cm³/mol. The van der Waals surface area contributed by atoms with Crippen LogP contribution in [0.15, 0.2) is 47.1 Å². The summed E-state index contributed by atoms with van der Waals surface area (Å²) in [5.74, 6) is 1.09. The fourth-order valence-electron chi connectivity index (χ4n) is 2.36. The van der Waals surface area contributed by atoms with Crippen LogP contribution in [0.1, 0.15) is 41.4 Å². The summed E-state index contributed by atoms with van der Waals surface area (Å²) in [6.07, 6.45) is 2.27. The molecule has 0 aliphatic rings. The molecule has 0 aliphatic heterocycles. The highest BCUT2D eigenvalue weighted by atomic mass is 16.3. The number of furan rings is 1. The van der Waals surface area contributed by atoms with Crippen molar-refractivity contribution in [3.05, 3.63) is 59.5 Å². The zero-order valence-corrected chi connectivity index (χ0v) is 12.6. The van der Waals surface area contributed by atoms with Gasteiger partial charge in [-0.1, -0.05) is 43.3 Å². The number of nitrogens with zero attached hydrogens (tertiary/aromatic N) is 3. The van der Waals surface area contributed by atoms with Gasteiger partial charge in [-0.25, -0.2) is 4.68 Å². The number of carbonyl (C=O) groups excluding carboxylic acids is 1. The Morgan fingerprint density at radius 1 is 1.23 bits per heavy atom. The minimum Gasteiger partial charge on any atom is -0.463 e. The molecule has 0 saturated carbocycles. The summed E-state index contributed by atoms with van der Waals surface area (Å²) in [6.45, 7) is 4.87. The van der Waals surface area contributed by atoms with Gasteiger partial charge in [-0.2, -0.15) is 0 Å². The molecular weight excluding hydrogens is 278 g/mol. The van der Waals surface area contributed by atoms with Crippen molar-refractivity contribution >= 4 is 6.29 Å². The van der Waals surface area contributed by atoms with E-state index in [-0.39, 0.29) is 5.69 Å². The van der Waals surface area contributed by atoms with Crippen molar-refractivity contribution in [2.45, 2.75) is 26.3 Å². The third kappa shape index (κ3) is 2.70. The number of carbonyl (C=O) groups is 1. The van der Waals surface area contributed by atoms with Crippen molar-refractivity contribution in [3.8, 4) is 11.5 Å². The van der Waals surface area contributed by atoms with Crippen LogP contribution in [0, 0.1) is 0 Å². The van der Waals surface area contributed by atoms with Gasteiger partial charge in [0.25, 0.3) is 0 Å². The Morgan fingerprint density at radius 2 is 2.00 bits per heavy atom. The second kappa shape index (κ2) is 5.97. The number of rotatable bonds is 5. The van der Waals surface area contributed by atoms with Gasteiger partial charge < -0.3 is 4.42 Å². The molecule has 0 bridgehead atoms. The molecule has 5 nitrogen and oxygen atoms in total. The number of hydrogen-bond acceptors (Lipinski definition) is 4. The highest BCUT2D eigenvalue weighted by Gasteiger charge is 2.17. The number of aromatic nitrogens is 3. The minimum absolute atomic E-state index is 0.286. The van der Waals surface area contributed by atoms with E-state index in [1.54, 1.807) is 23.1 Å². The van der Waals surface area contributed by atoms with Crippen LogP contribution in [-0.4, -0.2) is 21.3 Å². The molecule has 0 radical (unpaired) electrons. The van der Waals surface area contributed by atoms with Crippen molar-refractivity contribution in [3.63, 3.8) is 0 Å². The molecule has 0 aliphatic carbocycles. The number of aldehydes is 1. The maximum absolute atomic E-state index is 11.2. The Balaban J connectivity index is 1.92. The molecule has 0 atom stereocenters. The van der Waals surface area contributed by atoms with Gasteiger partial charge in [-0.3, -0.25) is 4.79 Å². The van der Waals surface area contributed by atoms with Crippen LogP contribution in [0.25, 0.3) is 11.5 Å². The molecule has 0 N–H and O–H groups in total. The lowest BCUT2D eigenvalue weighted by Gasteiger charge is -2.08. The van der Waals surface area contributed by atoms with E-state index in [9.17, 15) is 4.79 Å². The molecule has 22 heavy (non-hydrogen) atoms. The normalized spacial score (nSPS) is 11.0. The van der Waals surface area contributed by atoms with Crippen LogP contribution in [0.2, 0.25) is 0 Å². The minimum atomic E-state index is 0.286. The van der Waals surface area contributed by atoms with E-state index in [0.717, 1.165) is 5.56 Å². The fraction of sp³-hybridized carbons (Fsp3) is 0.235. The van der Waals surface area contributed by atoms with Crippen molar-refractivity contribution in [1.82, 2.24) is 15.0 Å². The van der Waals surface area contributed by atoms with Crippen LogP contribution >= 0.6 is 0 Å². The standard InChI is InChI=1S/C17H17N3O2/c1-12(2)14-7-5-13(6-8-14)10-20-17(15(11-21)18-19-20)16-4-3-9-22-16/h3-9,11-12H,10H2,1-2H3. The van der Waals surface area contributed by atoms with E-state index in [1.165, 1.54) is 5.56 Å². The molecule has 0 fully saturated rings. The molecule has 0 spiro atoms. The van der Waals surface area contributed by atoms with E-state index >= 15 is 0 Å². The van der Waals surface area contributed by atoms with Crippen LogP contribution < -0.4 is 0 Å². The Labute approximate surface area is 128 Å². The lowest BCUT2D eigenvalue weighted by molar-refractivity contribution is 0.111. The first kappa shape index (κ1) is 14.3. The van der Waals surface area contributed by atoms with E-state index in [4.69, 9.17) is 4.42 Å². The molecule has 1 aromatic carbocycles. The second-order valence-corrected chi connectivity index (χ2v) is 5.47. The van der Waals surface area contributed by atoms with E-state index < -0.39 is 0 Å². The SMILES string of the molecule is CC(C)c1ccc(Cn2nnc(C=O)c2-c2ccco2)cc1. The summed E-state index contributed by atoms with van der Waals surface area (Å²) in [6, 6.07) is 11.9. The third-order valence-electron chi connectivity index (χ3n) is 3.61. The van der Waals surface area contributed by atoms with Gasteiger partial charge in [-0.05, 0) is 29.2 Å². The van der Waals surface area contributed by atoms with E-state index in [0.29, 0.717) is 30.2 Å². The van der Waals surface area contributed by atoms with Gasteiger partial charge in [0.15, 0.2) is 17.7 Å². The molecule has 3 aromatic rings. The lowest BCUT2D eigenvalue weighted by Crippen LogP contribution is -2.04. The zero-order valence-electron chi connectivity index (χ0n) is 12.6. The molecule has 5 heteroatoms. The summed E-state index contributed by atoms with van der Waals surface area (Å²) in [7, 11) is 0. The summed E-state index contributed by atoms with van der Waals surface area (Å²) >= 11 is 0. The Kier molecular flexibility index (Phi) is 3.87. The Morgan fingerprint density at radius 3 is 2.59 bits per heavy atom. The maximum Gasteiger partial charge on any atom is 0.172 e. The van der Waals surface area contributed by atoms with E-state index in [1.807, 2.05) is 0 Å². The first-order valence-corrected chi connectivity index (χ1v) is 7.20. The third-order valence-corrected chi connectivity index (χ3v) is 3.61. The molecule has 112 valence electrons. The average Bonchev–Trinajstić information content (AvgIpc) is 3.16. The molecule has 2 heterocycles. The highest BCUT2D eigenvalue weighted by molar-refractivity contribution is 5.81. The first-order chi connectivity index (χ1) is 10.7. The Bertz CT molecular complexity index is 756. The fourth-order valence-corrected chi connectivity index (χ4v) is 2.36. The summed E-state index contributed by atoms with van der Waals surface area (Å²) in [5, 5.41) is 7.99. The van der Waals surface area contributed by atoms with Crippen molar-refractivity contribution in [2.24, 2.45) is 0 Å². The zero-order chi connectivity index (χ0) is 15.5. The van der Waals surface area contributed by atoms with Crippen molar-refractivity contribution in [1.29, 1.82) is 0 Å². The van der Waals surface area contributed by atoms with Gasteiger partial charge >= 0.3 is 0 Å². The smallest absolute Gasteiger partial charge is 0.172 e. The van der Waals surface area contributed by atoms with E-state index in [2.05, 4.69) is 48.4 Å². The topological polar surface area (TPSA) is 60.9 Å². The number of hydrogen-bond donors (Lipinski definition) is 0. The van der Waals surface area contributed by atoms with Gasteiger partial charge in [0, 0.05) is 0 Å². The quantitative estimate of drug-likeness (QED) is 0.676. The molecule has 0 saturated heterocycles. The Hall–Kier alpha value is -2.69. The number of benzene rings is 1. The largest absolute Gasteiger partial charge is 0.463 e. The van der Waals surface area contributed by atoms with Crippen LogP contribution in [-0.2, 0) is 6.54 Å². The van der Waals surface area contributed by atoms with Crippen molar-refractivity contribution < 1.29 is 9.21 Å². The van der Waals surface area contributed by atoms with Crippen molar-refractivity contribution in [2.75, 3.05) is 0 Å². The second-order valence-electron chi connectivity index (χ2n) is 5.47. The van der Waals surface area contributed by atoms with Gasteiger partial charge in [0.05, 0.1) is 12.8 Å². The molecule has 0 amide bonds. The van der Waals surface area contributed by atoms with Crippen LogP contribution in [0.5, 0.6) is 0 Å². The maximum atomic E-state index is 11.2. The van der Waals surface area contributed by atoms with Gasteiger partial charge in [-0.15, -0.1) is 5.10 Å².